The van der Waals surface area contributed by atoms with Crippen LogP contribution >= 0.6 is 0 Å². The number of ether oxygens (including phenoxy) is 4. The summed E-state index contributed by atoms with van der Waals surface area (Å²) in [4.78, 5) is 0. The van der Waals surface area contributed by atoms with Crippen LogP contribution in [0.3, 0.4) is 0 Å². The summed E-state index contributed by atoms with van der Waals surface area (Å²) < 4.78 is 22.8. The lowest BCUT2D eigenvalue weighted by molar-refractivity contribution is -0.300. The van der Waals surface area contributed by atoms with E-state index in [0.717, 1.165) is 0 Å². The van der Waals surface area contributed by atoms with Crippen molar-refractivity contribution in [3.63, 3.8) is 0 Å². The molecule has 31 heavy (non-hydrogen) atoms. The zero-order valence-corrected chi connectivity index (χ0v) is 17.1. The second-order valence-corrected chi connectivity index (χ2v) is 8.49. The van der Waals surface area contributed by atoms with Crippen LogP contribution in [0.25, 0.3) is 0 Å². The molecule has 3 aliphatic heterocycles. The van der Waals surface area contributed by atoms with Crippen molar-refractivity contribution in [2.24, 2.45) is 23.1 Å². The van der Waals surface area contributed by atoms with Crippen LogP contribution in [-0.4, -0.2) is 124 Å². The molecule has 0 spiro atoms. The third-order valence-corrected chi connectivity index (χ3v) is 6.39. The molecule has 0 radical (unpaired) electrons. The number of rotatable bonds is 6. The van der Waals surface area contributed by atoms with Gasteiger partial charge in [-0.1, -0.05) is 0 Å². The Morgan fingerprint density at radius 1 is 0.742 bits per heavy atom. The van der Waals surface area contributed by atoms with Crippen LogP contribution in [0.2, 0.25) is 0 Å². The van der Waals surface area contributed by atoms with Crippen LogP contribution in [0.4, 0.5) is 0 Å². The maximum atomic E-state index is 10.2. The maximum absolute atomic E-state index is 10.2. The van der Waals surface area contributed by atoms with Crippen molar-refractivity contribution >= 4 is 0 Å². The van der Waals surface area contributed by atoms with Crippen LogP contribution in [-0.2, 0) is 18.9 Å². The van der Waals surface area contributed by atoms with Gasteiger partial charge in [-0.25, -0.2) is 0 Å². The van der Waals surface area contributed by atoms with Crippen molar-refractivity contribution in [3.05, 3.63) is 0 Å². The van der Waals surface area contributed by atoms with E-state index >= 15 is 0 Å². The van der Waals surface area contributed by atoms with E-state index < -0.39 is 99.2 Å². The van der Waals surface area contributed by atoms with Gasteiger partial charge in [-0.3, -0.25) is 0 Å². The predicted octanol–water partition coefficient (Wildman–Crippen LogP) is -5.34. The maximum Gasteiger partial charge on any atom is 0.173 e. The van der Waals surface area contributed by atoms with Crippen LogP contribution in [0.1, 0.15) is 12.8 Å². The van der Waals surface area contributed by atoms with Gasteiger partial charge in [0.2, 0.25) is 0 Å². The average Bonchev–Trinajstić information content (AvgIpc) is 2.76. The van der Waals surface area contributed by atoms with Crippen molar-refractivity contribution in [3.8, 4) is 0 Å². The fourth-order valence-corrected chi connectivity index (χ4v) is 4.54. The summed E-state index contributed by atoms with van der Waals surface area (Å²) in [5.41, 5.74) is 18.1. The molecule has 0 aliphatic carbocycles. The van der Waals surface area contributed by atoms with E-state index in [9.17, 15) is 30.6 Å². The predicted molar refractivity (Wildman–Crippen MR) is 103 cm³/mol. The second-order valence-electron chi connectivity index (χ2n) is 8.49. The molecule has 3 saturated heterocycles. The first-order valence-corrected chi connectivity index (χ1v) is 10.5. The molecule has 0 aromatic carbocycles. The lowest BCUT2D eigenvalue weighted by atomic mass is 9.79. The Hall–Kier alpha value is -0.520. The zero-order valence-electron chi connectivity index (χ0n) is 17.1. The summed E-state index contributed by atoms with van der Waals surface area (Å²) in [6.07, 6.45) is -8.66. The van der Waals surface area contributed by atoms with Gasteiger partial charge in [0.15, 0.2) is 12.6 Å². The van der Waals surface area contributed by atoms with Crippen molar-refractivity contribution in [2.45, 2.75) is 86.3 Å². The molecule has 0 aromatic rings. The first kappa shape index (κ1) is 25.1. The molecule has 13 heteroatoms. The molecule has 182 valence electrons. The summed E-state index contributed by atoms with van der Waals surface area (Å²) in [5, 5.41) is 58.9. The summed E-state index contributed by atoms with van der Waals surface area (Å²) in [5.74, 6) is -0.550. The van der Waals surface area contributed by atoms with E-state index in [-0.39, 0.29) is 12.8 Å². The molecule has 13 nitrogen and oxygen atoms in total. The normalized spacial score (nSPS) is 51.6. The highest BCUT2D eigenvalue weighted by atomic mass is 16.7. The van der Waals surface area contributed by atoms with E-state index in [4.69, 9.17) is 36.1 Å². The first-order chi connectivity index (χ1) is 14.7. The van der Waals surface area contributed by atoms with Gasteiger partial charge in [0.05, 0.1) is 56.3 Å². The third-order valence-electron chi connectivity index (χ3n) is 6.39. The second kappa shape index (κ2) is 10.6. The number of aliphatic hydroxyl groups is 6. The summed E-state index contributed by atoms with van der Waals surface area (Å²) in [6, 6.07) is -2.40. The molecule has 0 saturated carbocycles. The Kier molecular flexibility index (Phi) is 8.59. The topological polar surface area (TPSA) is 236 Å². The molecule has 0 aromatic heterocycles. The number of hydrogen-bond donors (Lipinski definition) is 9. The Morgan fingerprint density at radius 2 is 1.39 bits per heavy atom. The SMILES string of the molecule is NC1C[C@H]([C@@H]2OC(CO)[C@@H](O)C(O)C2N)C(CO)O[C@H]1O[C@H]1CC(N)[C@H](O)OC1CO. The molecule has 12 N–H and O–H groups in total. The molecule has 3 rings (SSSR count). The van der Waals surface area contributed by atoms with E-state index in [1.165, 1.54) is 0 Å². The van der Waals surface area contributed by atoms with Crippen molar-refractivity contribution in [2.75, 3.05) is 19.8 Å². The molecule has 7 unspecified atom stereocenters. The van der Waals surface area contributed by atoms with Gasteiger partial charge < -0.3 is 66.8 Å². The standard InChI is InChI=1S/C18H35N3O10/c19-7-2-9(11(4-23)29-17(7)27)30-18-8(20)1-6(10(3-22)31-18)16-13(21)15(26)14(25)12(5-24)28-16/h6-18,22-27H,1-5,19-21H2/t6-,7?,8?,9-,10?,11?,12?,13?,14+,15?,16-,17+,18+/m0/s1. The highest BCUT2D eigenvalue weighted by Crippen LogP contribution is 2.35. The van der Waals surface area contributed by atoms with Gasteiger partial charge in [0.1, 0.15) is 24.4 Å². The number of nitrogens with two attached hydrogens (primary N) is 3. The fourth-order valence-electron chi connectivity index (χ4n) is 4.54. The lowest BCUT2D eigenvalue weighted by Gasteiger charge is -2.49. The molecule has 13 atom stereocenters. The highest BCUT2D eigenvalue weighted by molar-refractivity contribution is 5.01. The highest BCUT2D eigenvalue weighted by Gasteiger charge is 2.51. The van der Waals surface area contributed by atoms with Crippen LogP contribution in [0, 0.1) is 5.92 Å². The largest absolute Gasteiger partial charge is 0.394 e. The molecule has 0 bridgehead atoms. The smallest absolute Gasteiger partial charge is 0.173 e. The number of hydrogen-bond acceptors (Lipinski definition) is 13. The van der Waals surface area contributed by atoms with Gasteiger partial charge in [-0.15, -0.1) is 0 Å². The van der Waals surface area contributed by atoms with Crippen LogP contribution in [0.5, 0.6) is 0 Å². The minimum Gasteiger partial charge on any atom is -0.394 e. The van der Waals surface area contributed by atoms with Crippen molar-refractivity contribution in [1.29, 1.82) is 0 Å². The average molecular weight is 453 g/mol. The molecular formula is C18H35N3O10. The van der Waals surface area contributed by atoms with Gasteiger partial charge in [0, 0.05) is 5.92 Å². The summed E-state index contributed by atoms with van der Waals surface area (Å²) >= 11 is 0. The Balaban J connectivity index is 1.69. The molecule has 3 fully saturated rings. The molecule has 3 heterocycles. The monoisotopic (exact) mass is 453 g/mol. The minimum absolute atomic E-state index is 0.199. The van der Waals surface area contributed by atoms with Gasteiger partial charge in [-0.2, -0.15) is 0 Å². The molecule has 3 aliphatic rings. The van der Waals surface area contributed by atoms with E-state index in [1.54, 1.807) is 0 Å². The molecule has 0 amide bonds. The van der Waals surface area contributed by atoms with Gasteiger partial charge in [-0.05, 0) is 12.8 Å². The fraction of sp³-hybridized carbons (Fsp3) is 1.00. The minimum atomic E-state index is -1.35. The van der Waals surface area contributed by atoms with E-state index in [2.05, 4.69) is 0 Å². The Bertz CT molecular complexity index is 575. The summed E-state index contributed by atoms with van der Waals surface area (Å²) in [6.45, 7) is -1.35. The third kappa shape index (κ3) is 5.19. The van der Waals surface area contributed by atoms with E-state index in [0.29, 0.717) is 0 Å². The Morgan fingerprint density at radius 3 is 2.00 bits per heavy atom. The summed E-state index contributed by atoms with van der Waals surface area (Å²) in [7, 11) is 0. The van der Waals surface area contributed by atoms with Gasteiger partial charge >= 0.3 is 0 Å². The van der Waals surface area contributed by atoms with E-state index in [1.807, 2.05) is 0 Å². The van der Waals surface area contributed by atoms with Crippen LogP contribution < -0.4 is 17.2 Å². The van der Waals surface area contributed by atoms with Crippen LogP contribution in [0.15, 0.2) is 0 Å². The quantitative estimate of drug-likeness (QED) is 0.183. The Labute approximate surface area is 179 Å². The lowest BCUT2D eigenvalue weighted by Crippen LogP contribution is -2.67. The molecular weight excluding hydrogens is 418 g/mol. The zero-order chi connectivity index (χ0) is 22.9. The van der Waals surface area contributed by atoms with Crippen molar-refractivity contribution < 1.29 is 49.6 Å². The first-order valence-electron chi connectivity index (χ1n) is 10.5. The van der Waals surface area contributed by atoms with Gasteiger partial charge in [0.25, 0.3) is 0 Å². The van der Waals surface area contributed by atoms with Crippen molar-refractivity contribution in [1.82, 2.24) is 0 Å². The number of aliphatic hydroxyl groups excluding tert-OH is 6.